The van der Waals surface area contributed by atoms with Crippen LogP contribution in [-0.2, 0) is 6.54 Å². The van der Waals surface area contributed by atoms with Gasteiger partial charge in [0.1, 0.15) is 0 Å². The van der Waals surface area contributed by atoms with Crippen LogP contribution in [0.3, 0.4) is 0 Å². The summed E-state index contributed by atoms with van der Waals surface area (Å²) in [6, 6.07) is 8.49. The summed E-state index contributed by atoms with van der Waals surface area (Å²) < 4.78 is 37.6. The van der Waals surface area contributed by atoms with Gasteiger partial charge in [0.05, 0.1) is 6.54 Å². The number of anilines is 1. The SMILES string of the molecule is CN=C(NCc1ccc(N2CCSCC2)cc1)NC1CCN(CC(F)(F)F)C1. The number of likely N-dealkylation sites (tertiary alicyclic amines) is 1. The lowest BCUT2D eigenvalue weighted by Crippen LogP contribution is -2.44. The summed E-state index contributed by atoms with van der Waals surface area (Å²) in [5.74, 6) is 2.97. The molecule has 5 nitrogen and oxygen atoms in total. The summed E-state index contributed by atoms with van der Waals surface area (Å²) in [6.07, 6.45) is -3.46. The molecule has 0 radical (unpaired) electrons. The minimum atomic E-state index is -4.14. The summed E-state index contributed by atoms with van der Waals surface area (Å²) in [6.45, 7) is 2.78. The molecule has 156 valence electrons. The number of hydrogen-bond acceptors (Lipinski definition) is 4. The summed E-state index contributed by atoms with van der Waals surface area (Å²) in [4.78, 5) is 8.04. The van der Waals surface area contributed by atoms with E-state index in [0.717, 1.165) is 18.7 Å². The lowest BCUT2D eigenvalue weighted by molar-refractivity contribution is -0.143. The zero-order valence-corrected chi connectivity index (χ0v) is 17.0. The quantitative estimate of drug-likeness (QED) is 0.572. The van der Waals surface area contributed by atoms with E-state index in [0.29, 0.717) is 32.0 Å². The second kappa shape index (κ2) is 9.73. The van der Waals surface area contributed by atoms with Crippen molar-refractivity contribution in [3.63, 3.8) is 0 Å². The molecule has 2 saturated heterocycles. The van der Waals surface area contributed by atoms with Gasteiger partial charge in [0, 0.05) is 63.0 Å². The van der Waals surface area contributed by atoms with Gasteiger partial charge in [0.25, 0.3) is 0 Å². The third-order valence-electron chi connectivity index (χ3n) is 5.01. The van der Waals surface area contributed by atoms with Crippen molar-refractivity contribution >= 4 is 23.4 Å². The summed E-state index contributed by atoms with van der Waals surface area (Å²) in [5, 5.41) is 6.49. The molecule has 0 aliphatic carbocycles. The molecule has 28 heavy (non-hydrogen) atoms. The molecular formula is C19H28F3N5S. The van der Waals surface area contributed by atoms with E-state index in [1.54, 1.807) is 7.05 Å². The van der Waals surface area contributed by atoms with Crippen molar-refractivity contribution in [3.05, 3.63) is 29.8 Å². The van der Waals surface area contributed by atoms with Crippen molar-refractivity contribution in [2.75, 3.05) is 56.2 Å². The average Bonchev–Trinajstić information content (AvgIpc) is 3.11. The number of nitrogens with one attached hydrogen (secondary N) is 2. The Kier molecular flexibility index (Phi) is 7.34. The molecule has 0 saturated carbocycles. The van der Waals surface area contributed by atoms with Crippen molar-refractivity contribution in [1.29, 1.82) is 0 Å². The molecule has 2 heterocycles. The highest BCUT2D eigenvalue weighted by molar-refractivity contribution is 7.99. The molecule has 2 N–H and O–H groups in total. The van der Waals surface area contributed by atoms with Crippen LogP contribution in [0.5, 0.6) is 0 Å². The molecule has 0 spiro atoms. The van der Waals surface area contributed by atoms with Crippen molar-refractivity contribution in [2.45, 2.75) is 25.2 Å². The van der Waals surface area contributed by atoms with E-state index in [1.807, 2.05) is 11.8 Å². The largest absolute Gasteiger partial charge is 0.401 e. The van der Waals surface area contributed by atoms with Crippen LogP contribution in [0.25, 0.3) is 0 Å². The number of guanidine groups is 1. The van der Waals surface area contributed by atoms with Crippen molar-refractivity contribution in [2.24, 2.45) is 4.99 Å². The molecule has 0 amide bonds. The summed E-state index contributed by atoms with van der Waals surface area (Å²) >= 11 is 2.00. The zero-order valence-electron chi connectivity index (χ0n) is 16.1. The van der Waals surface area contributed by atoms with Crippen LogP contribution in [0.1, 0.15) is 12.0 Å². The standard InChI is InChI=1S/C19H28F3N5S/c1-23-18(25-16-6-7-26(13-16)14-19(20,21)22)24-12-15-2-4-17(5-3-15)27-8-10-28-11-9-27/h2-5,16H,6-14H2,1H3,(H2,23,24,25). The maximum absolute atomic E-state index is 12.5. The number of alkyl halides is 3. The van der Waals surface area contributed by atoms with Gasteiger partial charge in [-0.05, 0) is 24.1 Å². The van der Waals surface area contributed by atoms with Gasteiger partial charge in [0.2, 0.25) is 0 Å². The number of nitrogens with zero attached hydrogens (tertiary/aromatic N) is 3. The predicted octanol–water partition coefficient (Wildman–Crippen LogP) is 2.54. The van der Waals surface area contributed by atoms with Crippen LogP contribution in [0.4, 0.5) is 18.9 Å². The Morgan fingerprint density at radius 3 is 2.54 bits per heavy atom. The lowest BCUT2D eigenvalue weighted by Gasteiger charge is -2.28. The fraction of sp³-hybridized carbons (Fsp3) is 0.632. The van der Waals surface area contributed by atoms with Crippen molar-refractivity contribution in [1.82, 2.24) is 15.5 Å². The van der Waals surface area contributed by atoms with E-state index in [1.165, 1.54) is 22.1 Å². The highest BCUT2D eigenvalue weighted by atomic mass is 32.2. The van der Waals surface area contributed by atoms with Gasteiger partial charge >= 0.3 is 6.18 Å². The predicted molar refractivity (Wildman–Crippen MR) is 110 cm³/mol. The molecule has 2 aliphatic rings. The van der Waals surface area contributed by atoms with Crippen molar-refractivity contribution in [3.8, 4) is 0 Å². The molecule has 9 heteroatoms. The molecule has 0 aromatic heterocycles. The first-order chi connectivity index (χ1) is 13.4. The van der Waals surface area contributed by atoms with Gasteiger partial charge in [-0.25, -0.2) is 0 Å². The first kappa shape index (κ1) is 21.1. The van der Waals surface area contributed by atoms with Crippen LogP contribution in [0, 0.1) is 0 Å². The molecule has 3 rings (SSSR count). The maximum atomic E-state index is 12.5. The number of thioether (sulfide) groups is 1. The van der Waals surface area contributed by atoms with E-state index < -0.39 is 12.7 Å². The maximum Gasteiger partial charge on any atom is 0.401 e. The minimum Gasteiger partial charge on any atom is -0.370 e. The molecule has 1 unspecified atom stereocenters. The van der Waals surface area contributed by atoms with Gasteiger partial charge in [-0.15, -0.1) is 0 Å². The van der Waals surface area contributed by atoms with Crippen LogP contribution < -0.4 is 15.5 Å². The van der Waals surface area contributed by atoms with Gasteiger partial charge in [-0.3, -0.25) is 9.89 Å². The fourth-order valence-electron chi connectivity index (χ4n) is 3.57. The molecule has 1 atom stereocenters. The lowest BCUT2D eigenvalue weighted by atomic mass is 10.2. The Morgan fingerprint density at radius 2 is 1.89 bits per heavy atom. The number of aliphatic imine (C=N–C) groups is 1. The van der Waals surface area contributed by atoms with Gasteiger partial charge in [-0.1, -0.05) is 12.1 Å². The Labute approximate surface area is 168 Å². The molecule has 2 fully saturated rings. The van der Waals surface area contributed by atoms with Crippen molar-refractivity contribution < 1.29 is 13.2 Å². The highest BCUT2D eigenvalue weighted by Gasteiger charge is 2.34. The third-order valence-corrected chi connectivity index (χ3v) is 5.95. The van der Waals surface area contributed by atoms with E-state index >= 15 is 0 Å². The molecule has 0 bridgehead atoms. The Morgan fingerprint density at radius 1 is 1.18 bits per heavy atom. The van der Waals surface area contributed by atoms with Gasteiger partial charge in [-0.2, -0.15) is 24.9 Å². The monoisotopic (exact) mass is 415 g/mol. The second-order valence-corrected chi connectivity index (χ2v) is 8.40. The smallest absolute Gasteiger partial charge is 0.370 e. The normalized spacial score (nSPS) is 21.8. The Hall–Kier alpha value is -1.61. The van der Waals surface area contributed by atoms with E-state index in [4.69, 9.17) is 0 Å². The molecule has 1 aromatic carbocycles. The highest BCUT2D eigenvalue weighted by Crippen LogP contribution is 2.21. The van der Waals surface area contributed by atoms with Crippen LogP contribution in [0.2, 0.25) is 0 Å². The number of hydrogen-bond donors (Lipinski definition) is 2. The third kappa shape index (κ3) is 6.48. The first-order valence-corrected chi connectivity index (χ1v) is 10.8. The van der Waals surface area contributed by atoms with Crippen LogP contribution >= 0.6 is 11.8 Å². The first-order valence-electron chi connectivity index (χ1n) is 9.61. The number of halogens is 3. The molecular weight excluding hydrogens is 387 g/mol. The van der Waals surface area contributed by atoms with Gasteiger partial charge < -0.3 is 15.5 Å². The van der Waals surface area contributed by atoms with E-state index in [2.05, 4.69) is 44.8 Å². The number of benzene rings is 1. The van der Waals surface area contributed by atoms with Crippen LogP contribution in [0.15, 0.2) is 29.3 Å². The average molecular weight is 416 g/mol. The molecule has 2 aliphatic heterocycles. The van der Waals surface area contributed by atoms with E-state index in [9.17, 15) is 13.2 Å². The molecule has 1 aromatic rings. The fourth-order valence-corrected chi connectivity index (χ4v) is 4.47. The Bertz CT molecular complexity index is 644. The minimum absolute atomic E-state index is 0.0205. The summed E-state index contributed by atoms with van der Waals surface area (Å²) in [7, 11) is 1.68. The van der Waals surface area contributed by atoms with Crippen LogP contribution in [-0.4, -0.2) is 74.4 Å². The zero-order chi connectivity index (χ0) is 20.0. The van der Waals surface area contributed by atoms with E-state index in [-0.39, 0.29) is 6.04 Å². The number of rotatable bonds is 5. The Balaban J connectivity index is 1.44. The summed E-state index contributed by atoms with van der Waals surface area (Å²) in [5.41, 5.74) is 2.39. The van der Waals surface area contributed by atoms with Gasteiger partial charge in [0.15, 0.2) is 5.96 Å². The second-order valence-electron chi connectivity index (χ2n) is 7.17. The topological polar surface area (TPSA) is 42.9 Å².